The standard InChI is InChI=1S/C15H23N3O/c1-18(10-6-13-5-2-3-9-17-13)14(19)11-15(12-16)7-4-8-15/h2-3,5,9H,4,6-8,10-12,16H2,1H3. The molecule has 1 amide bonds. The topological polar surface area (TPSA) is 59.2 Å². The molecule has 1 aromatic heterocycles. The van der Waals surface area contributed by atoms with Crippen molar-refractivity contribution in [1.29, 1.82) is 0 Å². The predicted octanol–water partition coefficient (Wildman–Crippen LogP) is 1.60. The highest BCUT2D eigenvalue weighted by atomic mass is 16.2. The van der Waals surface area contributed by atoms with Gasteiger partial charge in [0.05, 0.1) is 0 Å². The van der Waals surface area contributed by atoms with Gasteiger partial charge in [-0.05, 0) is 36.9 Å². The maximum Gasteiger partial charge on any atom is 0.222 e. The van der Waals surface area contributed by atoms with Crippen molar-refractivity contribution in [3.63, 3.8) is 0 Å². The number of hydrogen-bond acceptors (Lipinski definition) is 3. The van der Waals surface area contributed by atoms with Gasteiger partial charge in [-0.1, -0.05) is 12.5 Å². The van der Waals surface area contributed by atoms with Crippen LogP contribution in [0.1, 0.15) is 31.4 Å². The highest BCUT2D eigenvalue weighted by molar-refractivity contribution is 5.76. The van der Waals surface area contributed by atoms with Gasteiger partial charge in [0.25, 0.3) is 0 Å². The zero-order valence-corrected chi connectivity index (χ0v) is 11.6. The molecule has 1 saturated carbocycles. The van der Waals surface area contributed by atoms with E-state index in [1.165, 1.54) is 6.42 Å². The number of carbonyl (C=O) groups excluding carboxylic acids is 1. The fraction of sp³-hybridized carbons (Fsp3) is 0.600. The van der Waals surface area contributed by atoms with Crippen molar-refractivity contribution in [1.82, 2.24) is 9.88 Å². The Kier molecular flexibility index (Phi) is 4.53. The maximum absolute atomic E-state index is 12.2. The first-order chi connectivity index (χ1) is 9.15. The Balaban J connectivity index is 1.79. The van der Waals surface area contributed by atoms with Crippen LogP contribution in [0.3, 0.4) is 0 Å². The minimum absolute atomic E-state index is 0.0936. The number of likely N-dealkylation sites (N-methyl/N-ethyl adjacent to an activating group) is 1. The third-order valence-corrected chi connectivity index (χ3v) is 4.23. The summed E-state index contributed by atoms with van der Waals surface area (Å²) in [5.41, 5.74) is 6.92. The van der Waals surface area contributed by atoms with Crippen LogP contribution in [-0.2, 0) is 11.2 Å². The van der Waals surface area contributed by atoms with E-state index in [0.717, 1.165) is 31.5 Å². The van der Waals surface area contributed by atoms with Crippen LogP contribution in [0.5, 0.6) is 0 Å². The number of rotatable bonds is 6. The van der Waals surface area contributed by atoms with E-state index in [0.29, 0.717) is 13.0 Å². The number of amides is 1. The minimum Gasteiger partial charge on any atom is -0.345 e. The van der Waals surface area contributed by atoms with Crippen LogP contribution in [-0.4, -0.2) is 35.9 Å². The molecule has 0 radical (unpaired) electrons. The summed E-state index contributed by atoms with van der Waals surface area (Å²) >= 11 is 0. The second-order valence-electron chi connectivity index (χ2n) is 5.62. The van der Waals surface area contributed by atoms with Crippen molar-refractivity contribution >= 4 is 5.91 Å². The summed E-state index contributed by atoms with van der Waals surface area (Å²) in [6.07, 6.45) is 6.60. The van der Waals surface area contributed by atoms with Crippen LogP contribution in [0.25, 0.3) is 0 Å². The van der Waals surface area contributed by atoms with Gasteiger partial charge >= 0.3 is 0 Å². The normalized spacial score (nSPS) is 16.7. The summed E-state index contributed by atoms with van der Waals surface area (Å²) in [4.78, 5) is 18.3. The molecule has 0 aromatic carbocycles. The average molecular weight is 261 g/mol. The highest BCUT2D eigenvalue weighted by Crippen LogP contribution is 2.43. The summed E-state index contributed by atoms with van der Waals surface area (Å²) in [7, 11) is 1.87. The van der Waals surface area contributed by atoms with Crippen LogP contribution in [0.15, 0.2) is 24.4 Å². The average Bonchev–Trinajstić information content (AvgIpc) is 2.41. The van der Waals surface area contributed by atoms with Gasteiger partial charge in [-0.25, -0.2) is 0 Å². The summed E-state index contributed by atoms with van der Waals surface area (Å²) in [5.74, 6) is 0.209. The van der Waals surface area contributed by atoms with E-state index in [-0.39, 0.29) is 11.3 Å². The Morgan fingerprint density at radius 2 is 2.26 bits per heavy atom. The molecular weight excluding hydrogens is 238 g/mol. The number of hydrogen-bond donors (Lipinski definition) is 1. The molecule has 2 N–H and O–H groups in total. The molecule has 2 rings (SSSR count). The molecule has 1 fully saturated rings. The van der Waals surface area contributed by atoms with Gasteiger partial charge in [0.1, 0.15) is 0 Å². The molecule has 0 unspecified atom stereocenters. The lowest BCUT2D eigenvalue weighted by Gasteiger charge is -2.41. The van der Waals surface area contributed by atoms with E-state index in [4.69, 9.17) is 5.73 Å². The monoisotopic (exact) mass is 261 g/mol. The Morgan fingerprint density at radius 3 is 2.79 bits per heavy atom. The quantitative estimate of drug-likeness (QED) is 0.846. The van der Waals surface area contributed by atoms with Gasteiger partial charge in [-0.15, -0.1) is 0 Å². The number of aromatic nitrogens is 1. The SMILES string of the molecule is CN(CCc1ccccn1)C(=O)CC1(CN)CCC1. The molecule has 4 nitrogen and oxygen atoms in total. The molecule has 1 heterocycles. The van der Waals surface area contributed by atoms with Gasteiger partial charge < -0.3 is 10.6 Å². The third kappa shape index (κ3) is 3.53. The van der Waals surface area contributed by atoms with Crippen LogP contribution < -0.4 is 5.73 Å². The molecule has 4 heteroatoms. The van der Waals surface area contributed by atoms with Crippen molar-refractivity contribution in [2.75, 3.05) is 20.1 Å². The van der Waals surface area contributed by atoms with Crippen LogP contribution >= 0.6 is 0 Å². The second kappa shape index (κ2) is 6.15. The molecule has 104 valence electrons. The molecule has 1 aromatic rings. The van der Waals surface area contributed by atoms with E-state index in [9.17, 15) is 4.79 Å². The highest BCUT2D eigenvalue weighted by Gasteiger charge is 2.38. The number of carbonyl (C=O) groups is 1. The van der Waals surface area contributed by atoms with Crippen molar-refractivity contribution in [3.8, 4) is 0 Å². The van der Waals surface area contributed by atoms with E-state index < -0.39 is 0 Å². The zero-order valence-electron chi connectivity index (χ0n) is 11.6. The Morgan fingerprint density at radius 1 is 1.47 bits per heavy atom. The fourth-order valence-corrected chi connectivity index (χ4v) is 2.54. The first-order valence-corrected chi connectivity index (χ1v) is 6.99. The molecule has 19 heavy (non-hydrogen) atoms. The van der Waals surface area contributed by atoms with E-state index in [2.05, 4.69) is 4.98 Å². The zero-order chi connectivity index (χ0) is 13.7. The molecule has 0 bridgehead atoms. The first kappa shape index (κ1) is 14.0. The number of nitrogens with two attached hydrogens (primary N) is 1. The molecule has 0 saturated heterocycles. The lowest BCUT2D eigenvalue weighted by molar-refractivity contribution is -0.133. The van der Waals surface area contributed by atoms with E-state index >= 15 is 0 Å². The summed E-state index contributed by atoms with van der Waals surface area (Å²) in [6, 6.07) is 5.87. The smallest absolute Gasteiger partial charge is 0.222 e. The fourth-order valence-electron chi connectivity index (χ4n) is 2.54. The van der Waals surface area contributed by atoms with Gasteiger partial charge in [0.2, 0.25) is 5.91 Å². The van der Waals surface area contributed by atoms with Crippen molar-refractivity contribution in [2.24, 2.45) is 11.1 Å². The number of pyridine rings is 1. The summed E-state index contributed by atoms with van der Waals surface area (Å²) < 4.78 is 0. The van der Waals surface area contributed by atoms with Crippen LogP contribution in [0, 0.1) is 5.41 Å². The van der Waals surface area contributed by atoms with Crippen molar-refractivity contribution in [3.05, 3.63) is 30.1 Å². The molecule has 0 atom stereocenters. The van der Waals surface area contributed by atoms with Gasteiger partial charge in [0, 0.05) is 38.3 Å². The maximum atomic E-state index is 12.2. The first-order valence-electron chi connectivity index (χ1n) is 6.99. The van der Waals surface area contributed by atoms with Crippen LogP contribution in [0.4, 0.5) is 0 Å². The second-order valence-corrected chi connectivity index (χ2v) is 5.62. The molecule has 0 spiro atoms. The molecular formula is C15H23N3O. The molecule has 1 aliphatic rings. The lowest BCUT2D eigenvalue weighted by atomic mass is 9.66. The lowest BCUT2D eigenvalue weighted by Crippen LogP contribution is -2.42. The van der Waals surface area contributed by atoms with Crippen LogP contribution in [0.2, 0.25) is 0 Å². The largest absolute Gasteiger partial charge is 0.345 e. The molecule has 1 aliphatic carbocycles. The van der Waals surface area contributed by atoms with Crippen molar-refractivity contribution in [2.45, 2.75) is 32.1 Å². The van der Waals surface area contributed by atoms with Crippen molar-refractivity contribution < 1.29 is 4.79 Å². The summed E-state index contributed by atoms with van der Waals surface area (Å²) in [6.45, 7) is 1.35. The summed E-state index contributed by atoms with van der Waals surface area (Å²) in [5, 5.41) is 0. The number of nitrogens with zero attached hydrogens (tertiary/aromatic N) is 2. The van der Waals surface area contributed by atoms with E-state index in [1.807, 2.05) is 30.1 Å². The third-order valence-electron chi connectivity index (χ3n) is 4.23. The molecule has 0 aliphatic heterocycles. The minimum atomic E-state index is 0.0936. The Labute approximate surface area is 115 Å². The predicted molar refractivity (Wildman–Crippen MR) is 75.5 cm³/mol. The van der Waals surface area contributed by atoms with Gasteiger partial charge in [-0.3, -0.25) is 9.78 Å². The van der Waals surface area contributed by atoms with E-state index in [1.54, 1.807) is 6.20 Å². The van der Waals surface area contributed by atoms with Gasteiger partial charge in [-0.2, -0.15) is 0 Å². The van der Waals surface area contributed by atoms with Gasteiger partial charge in [0.15, 0.2) is 0 Å². The Hall–Kier alpha value is -1.42. The Bertz CT molecular complexity index is 409.